The highest BCUT2D eigenvalue weighted by Gasteiger charge is 2.16. The number of hydrogen-bond acceptors (Lipinski definition) is 5. The van der Waals surface area contributed by atoms with E-state index in [-0.39, 0.29) is 29.2 Å². The zero-order valence-electron chi connectivity index (χ0n) is 17.5. The number of aromatic hydroxyl groups is 3. The average Bonchev–Trinajstić information content (AvgIpc) is 2.67. The fraction of sp³-hybridized carbons (Fsp3) is 0.240. The molecule has 0 spiro atoms. The van der Waals surface area contributed by atoms with Gasteiger partial charge in [0.05, 0.1) is 11.7 Å². The van der Waals surface area contributed by atoms with Crippen molar-refractivity contribution in [2.45, 2.75) is 39.7 Å². The number of phenols is 3. The highest BCUT2D eigenvalue weighted by Crippen LogP contribution is 2.32. The maximum Gasteiger partial charge on any atom is 0.189 e. The molecule has 0 unspecified atom stereocenters. The van der Waals surface area contributed by atoms with Gasteiger partial charge in [0.25, 0.3) is 0 Å². The number of rotatable bonds is 8. The predicted octanol–water partition coefficient (Wildman–Crippen LogP) is 4.69. The van der Waals surface area contributed by atoms with Crippen LogP contribution in [0.15, 0.2) is 60.2 Å². The molecule has 2 aromatic carbocycles. The number of allylic oxidation sites excluding steroid dienone is 3. The van der Waals surface area contributed by atoms with Crippen molar-refractivity contribution in [3.8, 4) is 17.2 Å². The van der Waals surface area contributed by atoms with Crippen molar-refractivity contribution in [2.75, 3.05) is 0 Å². The molecule has 0 bridgehead atoms. The number of hydrogen-bond donors (Lipinski definition) is 4. The largest absolute Gasteiger partial charge is 0.508 e. The summed E-state index contributed by atoms with van der Waals surface area (Å²) in [4.78, 5) is 12.6. The van der Waals surface area contributed by atoms with Crippen molar-refractivity contribution in [3.63, 3.8) is 0 Å². The molecule has 0 aliphatic heterocycles. The first kappa shape index (κ1) is 23.0. The van der Waals surface area contributed by atoms with Crippen LogP contribution in [0.4, 0.5) is 0 Å². The number of aliphatic hydroxyl groups excluding tert-OH is 1. The second-order valence-corrected chi connectivity index (χ2v) is 7.60. The molecule has 0 aromatic heterocycles. The minimum atomic E-state index is -0.773. The summed E-state index contributed by atoms with van der Waals surface area (Å²) in [6, 6.07) is 7.61. The summed E-state index contributed by atoms with van der Waals surface area (Å²) in [5.74, 6) is -0.663. The lowest BCUT2D eigenvalue weighted by Crippen LogP contribution is -2.11. The van der Waals surface area contributed by atoms with Crippen LogP contribution in [0.5, 0.6) is 17.2 Å². The Balaban J connectivity index is 2.27. The third-order valence-corrected chi connectivity index (χ3v) is 4.75. The lowest BCUT2D eigenvalue weighted by molar-refractivity contribution is 0.104. The molecule has 5 nitrogen and oxygen atoms in total. The Labute approximate surface area is 177 Å². The fourth-order valence-corrected chi connectivity index (χ4v) is 2.85. The lowest BCUT2D eigenvalue weighted by Gasteiger charge is -2.12. The zero-order chi connectivity index (χ0) is 22.4. The first-order valence-electron chi connectivity index (χ1n) is 9.65. The van der Waals surface area contributed by atoms with Crippen molar-refractivity contribution in [1.82, 2.24) is 0 Å². The van der Waals surface area contributed by atoms with E-state index >= 15 is 0 Å². The summed E-state index contributed by atoms with van der Waals surface area (Å²) in [7, 11) is 0. The van der Waals surface area contributed by atoms with Crippen LogP contribution >= 0.6 is 0 Å². The summed E-state index contributed by atoms with van der Waals surface area (Å²) < 4.78 is 0. The van der Waals surface area contributed by atoms with E-state index in [0.29, 0.717) is 28.7 Å². The van der Waals surface area contributed by atoms with Crippen molar-refractivity contribution in [3.05, 3.63) is 82.5 Å². The minimum Gasteiger partial charge on any atom is -0.508 e. The molecule has 5 heteroatoms. The molecule has 1 atom stereocenters. The number of aliphatic hydroxyl groups is 1. The van der Waals surface area contributed by atoms with Gasteiger partial charge >= 0.3 is 0 Å². The quantitative estimate of drug-likeness (QED) is 0.289. The monoisotopic (exact) mass is 408 g/mol. The molecule has 0 saturated carbocycles. The van der Waals surface area contributed by atoms with Crippen molar-refractivity contribution >= 4 is 11.9 Å². The van der Waals surface area contributed by atoms with Crippen LogP contribution in [0.3, 0.4) is 0 Å². The second-order valence-electron chi connectivity index (χ2n) is 7.60. The molecule has 2 rings (SSSR count). The van der Waals surface area contributed by atoms with E-state index in [0.717, 1.165) is 5.57 Å². The van der Waals surface area contributed by atoms with E-state index < -0.39 is 11.9 Å². The summed E-state index contributed by atoms with van der Waals surface area (Å²) in [6.07, 6.45) is 4.50. The molecule has 0 aliphatic rings. The first-order chi connectivity index (χ1) is 14.1. The molecule has 4 N–H and O–H groups in total. The summed E-state index contributed by atoms with van der Waals surface area (Å²) in [5, 5.41) is 40.5. The number of phenolic OH excluding ortho intramolecular Hbond substituents is 3. The van der Waals surface area contributed by atoms with Gasteiger partial charge in [-0.05, 0) is 68.7 Å². The van der Waals surface area contributed by atoms with Gasteiger partial charge in [-0.2, -0.15) is 0 Å². The van der Waals surface area contributed by atoms with Gasteiger partial charge < -0.3 is 20.4 Å². The van der Waals surface area contributed by atoms with Crippen molar-refractivity contribution in [1.29, 1.82) is 0 Å². The molecular weight excluding hydrogens is 380 g/mol. The van der Waals surface area contributed by atoms with Gasteiger partial charge in [0.15, 0.2) is 5.78 Å². The Hall–Kier alpha value is -3.31. The highest BCUT2D eigenvalue weighted by atomic mass is 16.3. The van der Waals surface area contributed by atoms with Crippen molar-refractivity contribution in [2.24, 2.45) is 0 Å². The maximum atomic E-state index is 12.6. The van der Waals surface area contributed by atoms with Crippen LogP contribution in [-0.4, -0.2) is 32.3 Å². The third kappa shape index (κ3) is 5.84. The normalized spacial score (nSPS) is 12.0. The molecule has 0 amide bonds. The number of carbonyl (C=O) groups excluding carboxylic acids is 1. The van der Waals surface area contributed by atoms with E-state index in [1.54, 1.807) is 25.1 Å². The minimum absolute atomic E-state index is 0.0545. The van der Waals surface area contributed by atoms with Crippen LogP contribution in [0.2, 0.25) is 0 Å². The highest BCUT2D eigenvalue weighted by molar-refractivity contribution is 6.09. The topological polar surface area (TPSA) is 98.0 Å². The van der Waals surface area contributed by atoms with Gasteiger partial charge in [0, 0.05) is 12.0 Å². The van der Waals surface area contributed by atoms with Gasteiger partial charge in [-0.25, -0.2) is 0 Å². The summed E-state index contributed by atoms with van der Waals surface area (Å²) in [6.45, 7) is 9.23. The van der Waals surface area contributed by atoms with Crippen molar-refractivity contribution < 1.29 is 25.2 Å². The van der Waals surface area contributed by atoms with Crippen LogP contribution in [-0.2, 0) is 12.8 Å². The zero-order valence-corrected chi connectivity index (χ0v) is 17.5. The molecule has 0 fully saturated rings. The molecule has 0 heterocycles. The van der Waals surface area contributed by atoms with Crippen LogP contribution in [0, 0.1) is 0 Å². The Morgan fingerprint density at radius 2 is 1.73 bits per heavy atom. The van der Waals surface area contributed by atoms with E-state index in [1.807, 2.05) is 19.9 Å². The molecule has 0 aliphatic carbocycles. The second kappa shape index (κ2) is 9.94. The number of ketones is 1. The summed E-state index contributed by atoms with van der Waals surface area (Å²) in [5.41, 5.74) is 3.22. The van der Waals surface area contributed by atoms with Crippen LogP contribution in [0.25, 0.3) is 6.08 Å². The van der Waals surface area contributed by atoms with Crippen LogP contribution < -0.4 is 0 Å². The number of carbonyl (C=O) groups is 1. The Morgan fingerprint density at radius 1 is 1.07 bits per heavy atom. The molecule has 0 radical (unpaired) electrons. The predicted molar refractivity (Wildman–Crippen MR) is 119 cm³/mol. The van der Waals surface area contributed by atoms with Crippen LogP contribution in [0.1, 0.15) is 47.8 Å². The Kier molecular flexibility index (Phi) is 7.61. The first-order valence-corrected chi connectivity index (χ1v) is 9.65. The summed E-state index contributed by atoms with van der Waals surface area (Å²) >= 11 is 0. The van der Waals surface area contributed by atoms with Gasteiger partial charge in [-0.15, -0.1) is 0 Å². The Bertz CT molecular complexity index is 1010. The van der Waals surface area contributed by atoms with Gasteiger partial charge in [-0.1, -0.05) is 35.9 Å². The fourth-order valence-electron chi connectivity index (χ4n) is 2.85. The SMILES string of the molecule is C=C(C)[C@@H](O)Cc1cc(/C=C/C(=O)c2ccc(O)c(CC=C(C)C)c2O)ccc1O. The van der Waals surface area contributed by atoms with E-state index in [9.17, 15) is 25.2 Å². The van der Waals surface area contributed by atoms with Gasteiger partial charge in [0.2, 0.25) is 0 Å². The van der Waals surface area contributed by atoms with Gasteiger partial charge in [0.1, 0.15) is 17.2 Å². The van der Waals surface area contributed by atoms with E-state index in [4.69, 9.17) is 0 Å². The average molecular weight is 408 g/mol. The van der Waals surface area contributed by atoms with Gasteiger partial charge in [-0.3, -0.25) is 4.79 Å². The van der Waals surface area contributed by atoms with E-state index in [2.05, 4.69) is 6.58 Å². The maximum absolute atomic E-state index is 12.6. The molecule has 0 saturated heterocycles. The molecule has 2 aromatic rings. The lowest BCUT2D eigenvalue weighted by atomic mass is 9.99. The Morgan fingerprint density at radius 3 is 2.37 bits per heavy atom. The third-order valence-electron chi connectivity index (χ3n) is 4.75. The van der Waals surface area contributed by atoms with E-state index in [1.165, 1.54) is 24.3 Å². The molecular formula is C25H28O5. The molecule has 158 valence electrons. The standard InChI is InChI=1S/C25H28O5/c1-15(2)5-8-19-23(28)12-9-20(25(19)30)22(27)11-7-17-6-10-21(26)18(13-17)14-24(29)16(3)4/h5-7,9-13,24,26,28-30H,3,8,14H2,1-2,4H3/b11-7+/t24-/m0/s1. The number of benzene rings is 2. The smallest absolute Gasteiger partial charge is 0.189 e. The molecule has 30 heavy (non-hydrogen) atoms.